The normalized spacial score (nSPS) is 12.5. The Labute approximate surface area is 158 Å². The summed E-state index contributed by atoms with van der Waals surface area (Å²) in [5.74, 6) is -0.732. The number of hydrogen-bond acceptors (Lipinski definition) is 2. The standard InChI is InChI=1S/C23H34O3/c1-2-3-4-5-6-7-8-9-10-11-12-13-14-15-16-17-19-22(24)20-18-21-23(25)26/h3-4,6-7,9-10,12-13,16-17H,2,5,8,11,14-15,18-21H2,1H3,(H,25,26)/b4-3-,7-6-,10-9-,13-12-,17-16+. The third-order valence-electron chi connectivity index (χ3n) is 3.58. The van der Waals surface area contributed by atoms with Crippen LogP contribution in [0.3, 0.4) is 0 Å². The van der Waals surface area contributed by atoms with E-state index in [0.29, 0.717) is 19.3 Å². The monoisotopic (exact) mass is 358 g/mol. The fourth-order valence-corrected chi connectivity index (χ4v) is 2.16. The predicted molar refractivity (Wildman–Crippen MR) is 110 cm³/mol. The first-order chi connectivity index (χ1) is 12.7. The molecule has 0 rings (SSSR count). The summed E-state index contributed by atoms with van der Waals surface area (Å²) in [6.07, 6.45) is 28.6. The van der Waals surface area contributed by atoms with Gasteiger partial charge in [0.1, 0.15) is 5.78 Å². The quantitative estimate of drug-likeness (QED) is 0.259. The molecular formula is C23H34O3. The van der Waals surface area contributed by atoms with Crippen molar-refractivity contribution < 1.29 is 14.7 Å². The lowest BCUT2D eigenvalue weighted by Gasteiger charge is -1.95. The summed E-state index contributed by atoms with van der Waals surface area (Å²) >= 11 is 0. The van der Waals surface area contributed by atoms with E-state index in [1.807, 2.05) is 12.2 Å². The van der Waals surface area contributed by atoms with Crippen molar-refractivity contribution in [2.24, 2.45) is 0 Å². The van der Waals surface area contributed by atoms with Crippen LogP contribution in [0.2, 0.25) is 0 Å². The molecule has 3 nitrogen and oxygen atoms in total. The number of carbonyl (C=O) groups is 2. The van der Waals surface area contributed by atoms with Gasteiger partial charge in [-0.3, -0.25) is 9.59 Å². The third kappa shape index (κ3) is 19.9. The summed E-state index contributed by atoms with van der Waals surface area (Å²) in [4.78, 5) is 21.9. The van der Waals surface area contributed by atoms with Gasteiger partial charge >= 0.3 is 5.97 Å². The molecule has 0 unspecified atom stereocenters. The molecular weight excluding hydrogens is 324 g/mol. The SMILES string of the molecule is CC/C=C\C/C=C\C/C=C\C/C=C\CC/C=C/CC(=O)CCCC(=O)O. The predicted octanol–water partition coefficient (Wildman–Crippen LogP) is 6.34. The van der Waals surface area contributed by atoms with E-state index in [2.05, 4.69) is 55.5 Å². The third-order valence-corrected chi connectivity index (χ3v) is 3.58. The topological polar surface area (TPSA) is 54.4 Å². The molecule has 0 amide bonds. The zero-order valence-corrected chi connectivity index (χ0v) is 16.1. The molecule has 0 aromatic carbocycles. The van der Waals surface area contributed by atoms with Gasteiger partial charge in [0.15, 0.2) is 0 Å². The maximum absolute atomic E-state index is 11.5. The summed E-state index contributed by atoms with van der Waals surface area (Å²) in [7, 11) is 0. The molecule has 0 atom stereocenters. The zero-order valence-electron chi connectivity index (χ0n) is 16.1. The molecule has 0 aromatic heterocycles. The van der Waals surface area contributed by atoms with Crippen LogP contribution in [0, 0.1) is 0 Å². The van der Waals surface area contributed by atoms with E-state index in [9.17, 15) is 9.59 Å². The number of ketones is 1. The molecule has 0 aromatic rings. The van der Waals surface area contributed by atoms with Crippen LogP contribution in [0.1, 0.15) is 71.1 Å². The molecule has 0 spiro atoms. The molecule has 0 aliphatic carbocycles. The van der Waals surface area contributed by atoms with Crippen LogP contribution in [0.4, 0.5) is 0 Å². The van der Waals surface area contributed by atoms with Crippen LogP contribution in [-0.2, 0) is 9.59 Å². The van der Waals surface area contributed by atoms with Crippen molar-refractivity contribution in [3.8, 4) is 0 Å². The second-order valence-electron chi connectivity index (χ2n) is 6.04. The summed E-state index contributed by atoms with van der Waals surface area (Å²) < 4.78 is 0. The average Bonchev–Trinajstić information content (AvgIpc) is 2.61. The van der Waals surface area contributed by atoms with Gasteiger partial charge in [0.2, 0.25) is 0 Å². The van der Waals surface area contributed by atoms with E-state index < -0.39 is 5.97 Å². The summed E-state index contributed by atoms with van der Waals surface area (Å²) in [5.41, 5.74) is 0. The van der Waals surface area contributed by atoms with Crippen molar-refractivity contribution in [1.29, 1.82) is 0 Å². The van der Waals surface area contributed by atoms with Crippen molar-refractivity contribution in [3.63, 3.8) is 0 Å². The average molecular weight is 359 g/mol. The number of carbonyl (C=O) groups excluding carboxylic acids is 1. The molecule has 144 valence electrons. The molecule has 0 aliphatic rings. The maximum Gasteiger partial charge on any atom is 0.303 e. The van der Waals surface area contributed by atoms with Crippen molar-refractivity contribution in [1.82, 2.24) is 0 Å². The second kappa shape index (κ2) is 19.2. The van der Waals surface area contributed by atoms with E-state index >= 15 is 0 Å². The fourth-order valence-electron chi connectivity index (χ4n) is 2.16. The molecule has 0 heterocycles. The van der Waals surface area contributed by atoms with Crippen molar-refractivity contribution in [3.05, 3.63) is 60.8 Å². The van der Waals surface area contributed by atoms with Crippen LogP contribution >= 0.6 is 0 Å². The summed E-state index contributed by atoms with van der Waals surface area (Å²) in [6.45, 7) is 2.14. The number of carboxylic acid groups (broad SMARTS) is 1. The minimum atomic E-state index is -0.841. The van der Waals surface area contributed by atoms with Gasteiger partial charge in [-0.05, 0) is 44.9 Å². The van der Waals surface area contributed by atoms with E-state index in [0.717, 1.165) is 38.5 Å². The molecule has 0 aliphatic heterocycles. The van der Waals surface area contributed by atoms with Gasteiger partial charge in [-0.15, -0.1) is 0 Å². The fraction of sp³-hybridized carbons (Fsp3) is 0.478. The molecule has 0 fully saturated rings. The highest BCUT2D eigenvalue weighted by molar-refractivity contribution is 5.80. The van der Waals surface area contributed by atoms with E-state index in [4.69, 9.17) is 5.11 Å². The van der Waals surface area contributed by atoms with Crippen LogP contribution < -0.4 is 0 Å². The van der Waals surface area contributed by atoms with Gasteiger partial charge < -0.3 is 5.11 Å². The minimum Gasteiger partial charge on any atom is -0.481 e. The molecule has 26 heavy (non-hydrogen) atoms. The number of carboxylic acids is 1. The van der Waals surface area contributed by atoms with Gasteiger partial charge in [-0.25, -0.2) is 0 Å². The summed E-state index contributed by atoms with van der Waals surface area (Å²) in [6, 6.07) is 0. The number of unbranched alkanes of at least 4 members (excludes halogenated alkanes) is 1. The van der Waals surface area contributed by atoms with E-state index in [-0.39, 0.29) is 12.2 Å². The Morgan fingerprint density at radius 3 is 1.73 bits per heavy atom. The Bertz CT molecular complexity index is 508. The lowest BCUT2D eigenvalue weighted by Crippen LogP contribution is -1.99. The first kappa shape index (κ1) is 23.8. The highest BCUT2D eigenvalue weighted by atomic mass is 16.4. The minimum absolute atomic E-state index is 0.0707. The Hall–Kier alpha value is -2.16. The van der Waals surface area contributed by atoms with Gasteiger partial charge in [0.25, 0.3) is 0 Å². The summed E-state index contributed by atoms with van der Waals surface area (Å²) in [5, 5.41) is 8.51. The smallest absolute Gasteiger partial charge is 0.303 e. The Morgan fingerprint density at radius 1 is 0.692 bits per heavy atom. The molecule has 0 bridgehead atoms. The van der Waals surface area contributed by atoms with Gasteiger partial charge in [-0.2, -0.15) is 0 Å². The molecule has 0 saturated carbocycles. The molecule has 3 heteroatoms. The highest BCUT2D eigenvalue weighted by Crippen LogP contribution is 2.02. The second-order valence-corrected chi connectivity index (χ2v) is 6.04. The van der Waals surface area contributed by atoms with E-state index in [1.165, 1.54) is 0 Å². The number of allylic oxidation sites excluding steroid dienone is 10. The first-order valence-electron chi connectivity index (χ1n) is 9.65. The van der Waals surface area contributed by atoms with E-state index in [1.54, 1.807) is 0 Å². The molecule has 0 saturated heterocycles. The molecule has 1 N–H and O–H groups in total. The number of rotatable bonds is 16. The Kier molecular flexibility index (Phi) is 17.6. The van der Waals surface area contributed by atoms with Crippen molar-refractivity contribution >= 4 is 11.8 Å². The Balaban J connectivity index is 3.54. The largest absolute Gasteiger partial charge is 0.481 e. The van der Waals surface area contributed by atoms with Crippen molar-refractivity contribution in [2.45, 2.75) is 71.1 Å². The Morgan fingerprint density at radius 2 is 1.19 bits per heavy atom. The maximum atomic E-state index is 11.5. The molecule has 0 radical (unpaired) electrons. The number of Topliss-reactive ketones (excluding diaryl/α,β-unsaturated/α-hetero) is 1. The lowest BCUT2D eigenvalue weighted by atomic mass is 10.1. The van der Waals surface area contributed by atoms with Crippen LogP contribution in [0.15, 0.2) is 60.8 Å². The first-order valence-corrected chi connectivity index (χ1v) is 9.65. The number of hydrogen-bond donors (Lipinski definition) is 1. The van der Waals surface area contributed by atoms with Gasteiger partial charge in [0.05, 0.1) is 0 Å². The van der Waals surface area contributed by atoms with Crippen LogP contribution in [0.5, 0.6) is 0 Å². The van der Waals surface area contributed by atoms with Crippen molar-refractivity contribution in [2.75, 3.05) is 0 Å². The van der Waals surface area contributed by atoms with Gasteiger partial charge in [0, 0.05) is 19.3 Å². The van der Waals surface area contributed by atoms with Crippen LogP contribution in [0.25, 0.3) is 0 Å². The zero-order chi connectivity index (χ0) is 19.3. The highest BCUT2D eigenvalue weighted by Gasteiger charge is 2.01. The van der Waals surface area contributed by atoms with Crippen LogP contribution in [-0.4, -0.2) is 16.9 Å². The lowest BCUT2D eigenvalue weighted by molar-refractivity contribution is -0.137. The van der Waals surface area contributed by atoms with Gasteiger partial charge in [-0.1, -0.05) is 67.7 Å². The number of aliphatic carboxylic acids is 1.